The first-order chi connectivity index (χ1) is 7.85. The van der Waals surface area contributed by atoms with E-state index in [4.69, 9.17) is 0 Å². The Balaban J connectivity index is 2.21. The van der Waals surface area contributed by atoms with Crippen LogP contribution in [0.4, 0.5) is 5.69 Å². The summed E-state index contributed by atoms with van der Waals surface area (Å²) in [5.41, 5.74) is 4.54. The zero-order chi connectivity index (χ0) is 11.4. The van der Waals surface area contributed by atoms with Gasteiger partial charge in [-0.25, -0.2) is 0 Å². The number of benzene rings is 1. The quantitative estimate of drug-likeness (QED) is 0.741. The van der Waals surface area contributed by atoms with E-state index in [-0.39, 0.29) is 0 Å². The standard InChI is InChI=1S/C15H23N/c1-3-5-10-16-11-6-7-14-9-8-13(4-2)12-15(14)16/h8-9,12H,3-7,10-11H2,1-2H3. The van der Waals surface area contributed by atoms with Gasteiger partial charge in [0, 0.05) is 18.8 Å². The fourth-order valence-corrected chi connectivity index (χ4v) is 2.50. The highest BCUT2D eigenvalue weighted by Crippen LogP contribution is 2.28. The average Bonchev–Trinajstić information content (AvgIpc) is 2.35. The molecule has 1 heteroatoms. The second-order valence-corrected chi connectivity index (χ2v) is 4.76. The topological polar surface area (TPSA) is 3.24 Å². The van der Waals surface area contributed by atoms with Crippen molar-refractivity contribution in [3.63, 3.8) is 0 Å². The second kappa shape index (κ2) is 5.38. The second-order valence-electron chi connectivity index (χ2n) is 4.76. The van der Waals surface area contributed by atoms with E-state index in [1.165, 1.54) is 50.0 Å². The summed E-state index contributed by atoms with van der Waals surface area (Å²) in [6.45, 7) is 6.99. The molecule has 0 fully saturated rings. The molecule has 1 aromatic rings. The van der Waals surface area contributed by atoms with E-state index in [0.717, 1.165) is 6.42 Å². The van der Waals surface area contributed by atoms with Crippen molar-refractivity contribution < 1.29 is 0 Å². The minimum absolute atomic E-state index is 1.15. The number of nitrogens with zero attached hydrogens (tertiary/aromatic N) is 1. The Labute approximate surface area is 99.5 Å². The summed E-state index contributed by atoms with van der Waals surface area (Å²) in [5.74, 6) is 0. The molecule has 1 aromatic carbocycles. The first-order valence-electron chi connectivity index (χ1n) is 6.72. The van der Waals surface area contributed by atoms with Gasteiger partial charge < -0.3 is 4.90 Å². The Morgan fingerprint density at radius 1 is 1.25 bits per heavy atom. The normalized spacial score (nSPS) is 15.0. The van der Waals surface area contributed by atoms with E-state index < -0.39 is 0 Å². The third-order valence-corrected chi connectivity index (χ3v) is 3.55. The highest BCUT2D eigenvalue weighted by Gasteiger charge is 2.16. The van der Waals surface area contributed by atoms with E-state index in [1.807, 2.05) is 0 Å². The molecule has 16 heavy (non-hydrogen) atoms. The van der Waals surface area contributed by atoms with Crippen LogP contribution in [-0.2, 0) is 12.8 Å². The molecule has 0 spiro atoms. The lowest BCUT2D eigenvalue weighted by atomic mass is 9.98. The molecular weight excluding hydrogens is 194 g/mol. The van der Waals surface area contributed by atoms with Gasteiger partial charge in [0.25, 0.3) is 0 Å². The van der Waals surface area contributed by atoms with Gasteiger partial charge in [0.1, 0.15) is 0 Å². The van der Waals surface area contributed by atoms with Gasteiger partial charge in [-0.05, 0) is 42.9 Å². The van der Waals surface area contributed by atoms with Crippen LogP contribution in [0, 0.1) is 0 Å². The van der Waals surface area contributed by atoms with Gasteiger partial charge in [-0.2, -0.15) is 0 Å². The number of hydrogen-bond donors (Lipinski definition) is 0. The first kappa shape index (κ1) is 11.5. The number of aryl methyl sites for hydroxylation is 2. The van der Waals surface area contributed by atoms with Crippen molar-refractivity contribution in [2.45, 2.75) is 46.0 Å². The molecule has 0 N–H and O–H groups in total. The van der Waals surface area contributed by atoms with Gasteiger partial charge in [0.2, 0.25) is 0 Å². The fraction of sp³-hybridized carbons (Fsp3) is 0.600. The molecule has 1 aliphatic rings. The molecule has 1 aliphatic heterocycles. The summed E-state index contributed by atoms with van der Waals surface area (Å²) < 4.78 is 0. The number of hydrogen-bond acceptors (Lipinski definition) is 1. The van der Waals surface area contributed by atoms with E-state index in [2.05, 4.69) is 36.9 Å². The largest absolute Gasteiger partial charge is 0.371 e. The Bertz CT molecular complexity index is 343. The Morgan fingerprint density at radius 3 is 2.88 bits per heavy atom. The smallest absolute Gasteiger partial charge is 0.0401 e. The number of rotatable bonds is 4. The third-order valence-electron chi connectivity index (χ3n) is 3.55. The summed E-state index contributed by atoms with van der Waals surface area (Å²) >= 11 is 0. The molecule has 0 unspecified atom stereocenters. The maximum atomic E-state index is 2.58. The number of unbranched alkanes of at least 4 members (excludes halogenated alkanes) is 1. The highest BCUT2D eigenvalue weighted by molar-refractivity contribution is 5.57. The minimum Gasteiger partial charge on any atom is -0.371 e. The molecule has 0 aliphatic carbocycles. The number of fused-ring (bicyclic) bond motifs is 1. The third kappa shape index (κ3) is 2.40. The van der Waals surface area contributed by atoms with E-state index in [1.54, 1.807) is 5.56 Å². The SMILES string of the molecule is CCCCN1CCCc2ccc(CC)cc21. The Morgan fingerprint density at radius 2 is 2.12 bits per heavy atom. The molecule has 0 radical (unpaired) electrons. The Kier molecular flexibility index (Phi) is 3.87. The highest BCUT2D eigenvalue weighted by atomic mass is 15.1. The predicted molar refractivity (Wildman–Crippen MR) is 71.3 cm³/mol. The van der Waals surface area contributed by atoms with Gasteiger partial charge in [-0.15, -0.1) is 0 Å². The van der Waals surface area contributed by atoms with Crippen molar-refractivity contribution in [1.29, 1.82) is 0 Å². The number of anilines is 1. The molecule has 88 valence electrons. The van der Waals surface area contributed by atoms with Crippen molar-refractivity contribution in [1.82, 2.24) is 0 Å². The molecule has 0 saturated carbocycles. The molecule has 0 bridgehead atoms. The predicted octanol–water partition coefficient (Wildman–Crippen LogP) is 3.80. The lowest BCUT2D eigenvalue weighted by molar-refractivity contribution is 0.658. The van der Waals surface area contributed by atoms with Crippen LogP contribution in [0.25, 0.3) is 0 Å². The van der Waals surface area contributed by atoms with Crippen LogP contribution in [0.5, 0.6) is 0 Å². The molecule has 1 nitrogen and oxygen atoms in total. The van der Waals surface area contributed by atoms with Crippen LogP contribution in [0.2, 0.25) is 0 Å². The van der Waals surface area contributed by atoms with Crippen LogP contribution in [0.15, 0.2) is 18.2 Å². The van der Waals surface area contributed by atoms with Crippen molar-refractivity contribution in [3.8, 4) is 0 Å². The van der Waals surface area contributed by atoms with Gasteiger partial charge in [-0.3, -0.25) is 0 Å². The van der Waals surface area contributed by atoms with Crippen molar-refractivity contribution in [3.05, 3.63) is 29.3 Å². The van der Waals surface area contributed by atoms with Crippen LogP contribution >= 0.6 is 0 Å². The maximum Gasteiger partial charge on any atom is 0.0401 e. The van der Waals surface area contributed by atoms with E-state index in [9.17, 15) is 0 Å². The zero-order valence-electron chi connectivity index (χ0n) is 10.6. The van der Waals surface area contributed by atoms with Crippen molar-refractivity contribution in [2.24, 2.45) is 0 Å². The molecule has 0 aromatic heterocycles. The van der Waals surface area contributed by atoms with Gasteiger partial charge in [-0.1, -0.05) is 32.4 Å². The lowest BCUT2D eigenvalue weighted by Crippen LogP contribution is -2.30. The van der Waals surface area contributed by atoms with Crippen LogP contribution in [0.1, 0.15) is 44.2 Å². The van der Waals surface area contributed by atoms with Crippen LogP contribution in [0.3, 0.4) is 0 Å². The summed E-state index contributed by atoms with van der Waals surface area (Å²) in [5, 5.41) is 0. The molecular formula is C15H23N. The monoisotopic (exact) mass is 217 g/mol. The molecule has 0 saturated heterocycles. The zero-order valence-corrected chi connectivity index (χ0v) is 10.6. The van der Waals surface area contributed by atoms with Gasteiger partial charge in [0.15, 0.2) is 0 Å². The van der Waals surface area contributed by atoms with E-state index in [0.29, 0.717) is 0 Å². The fourth-order valence-electron chi connectivity index (χ4n) is 2.50. The lowest BCUT2D eigenvalue weighted by Gasteiger charge is -2.31. The summed E-state index contributed by atoms with van der Waals surface area (Å²) in [6.07, 6.45) is 6.34. The molecule has 0 amide bonds. The molecule has 0 atom stereocenters. The minimum atomic E-state index is 1.15. The van der Waals surface area contributed by atoms with Gasteiger partial charge >= 0.3 is 0 Å². The maximum absolute atomic E-state index is 2.58. The molecule has 2 rings (SSSR count). The van der Waals surface area contributed by atoms with Crippen LogP contribution < -0.4 is 4.90 Å². The van der Waals surface area contributed by atoms with Crippen molar-refractivity contribution >= 4 is 5.69 Å². The average molecular weight is 217 g/mol. The van der Waals surface area contributed by atoms with Crippen molar-refractivity contribution in [2.75, 3.05) is 18.0 Å². The van der Waals surface area contributed by atoms with Gasteiger partial charge in [0.05, 0.1) is 0 Å². The summed E-state index contributed by atoms with van der Waals surface area (Å²) in [4.78, 5) is 2.58. The Hall–Kier alpha value is -0.980. The first-order valence-corrected chi connectivity index (χ1v) is 6.72. The van der Waals surface area contributed by atoms with Crippen LogP contribution in [-0.4, -0.2) is 13.1 Å². The summed E-state index contributed by atoms with van der Waals surface area (Å²) in [6, 6.07) is 7.04. The molecule has 1 heterocycles. The van der Waals surface area contributed by atoms with E-state index >= 15 is 0 Å². The summed E-state index contributed by atoms with van der Waals surface area (Å²) in [7, 11) is 0.